The first-order chi connectivity index (χ1) is 9.40. The van der Waals surface area contributed by atoms with E-state index in [4.69, 9.17) is 10.5 Å². The van der Waals surface area contributed by atoms with E-state index < -0.39 is 4.92 Å². The molecule has 1 heterocycles. The van der Waals surface area contributed by atoms with Gasteiger partial charge in [-0.2, -0.15) is 0 Å². The molecule has 1 fully saturated rings. The summed E-state index contributed by atoms with van der Waals surface area (Å²) in [6.07, 6.45) is -0.134. The Kier molecular flexibility index (Phi) is 3.89. The van der Waals surface area contributed by atoms with Crippen molar-refractivity contribution in [3.63, 3.8) is 0 Å². The number of nitro benzene ring substituents is 1. The lowest BCUT2D eigenvalue weighted by Crippen LogP contribution is -2.48. The third kappa shape index (κ3) is 2.72. The van der Waals surface area contributed by atoms with Crippen molar-refractivity contribution in [3.05, 3.63) is 33.9 Å². The number of para-hydroxylation sites is 1. The van der Waals surface area contributed by atoms with Crippen LogP contribution in [0.5, 0.6) is 0 Å². The summed E-state index contributed by atoms with van der Waals surface area (Å²) < 4.78 is 5.56. The number of carbonyl (C=O) groups is 1. The van der Waals surface area contributed by atoms with E-state index in [1.54, 1.807) is 4.90 Å². The fourth-order valence-corrected chi connectivity index (χ4v) is 2.41. The predicted octanol–water partition coefficient (Wildman–Crippen LogP) is 1.43. The Balaban J connectivity index is 2.29. The van der Waals surface area contributed by atoms with Crippen molar-refractivity contribution in [1.29, 1.82) is 0 Å². The summed E-state index contributed by atoms with van der Waals surface area (Å²) >= 11 is 0. The van der Waals surface area contributed by atoms with Crippen LogP contribution in [0.15, 0.2) is 18.2 Å². The second-order valence-corrected chi connectivity index (χ2v) is 4.96. The van der Waals surface area contributed by atoms with Gasteiger partial charge in [0.25, 0.3) is 11.6 Å². The van der Waals surface area contributed by atoms with Crippen LogP contribution in [0.2, 0.25) is 0 Å². The number of anilines is 1. The van der Waals surface area contributed by atoms with Crippen LogP contribution in [0.4, 0.5) is 11.4 Å². The second-order valence-electron chi connectivity index (χ2n) is 4.96. The highest BCUT2D eigenvalue weighted by Gasteiger charge is 2.29. The summed E-state index contributed by atoms with van der Waals surface area (Å²) in [7, 11) is 0. The van der Waals surface area contributed by atoms with Gasteiger partial charge in [-0.1, -0.05) is 6.07 Å². The fourth-order valence-electron chi connectivity index (χ4n) is 2.41. The lowest BCUT2D eigenvalue weighted by atomic mass is 10.1. The molecule has 0 bridgehead atoms. The average Bonchev–Trinajstić information content (AvgIpc) is 2.36. The molecular weight excluding hydrogens is 262 g/mol. The standard InChI is InChI=1S/C13H17N3O4/c1-8-6-15(7-9(2)20-8)13(17)10-4-3-5-11(12(10)14)16(18)19/h3-5,8-9H,6-7,14H2,1-2H3. The fraction of sp³-hybridized carbons (Fsp3) is 0.462. The highest BCUT2D eigenvalue weighted by molar-refractivity contribution is 6.01. The minimum Gasteiger partial charge on any atom is -0.393 e. The van der Waals surface area contributed by atoms with Gasteiger partial charge in [0, 0.05) is 19.2 Å². The number of ether oxygens (including phenoxy) is 1. The van der Waals surface area contributed by atoms with Crippen LogP contribution in [0.3, 0.4) is 0 Å². The van der Waals surface area contributed by atoms with Crippen LogP contribution in [0.25, 0.3) is 0 Å². The molecular formula is C13H17N3O4. The van der Waals surface area contributed by atoms with Gasteiger partial charge in [0.05, 0.1) is 22.7 Å². The molecule has 1 aromatic rings. The second kappa shape index (κ2) is 5.46. The van der Waals surface area contributed by atoms with E-state index in [2.05, 4.69) is 0 Å². The van der Waals surface area contributed by atoms with E-state index in [0.29, 0.717) is 13.1 Å². The van der Waals surface area contributed by atoms with Crippen molar-refractivity contribution in [1.82, 2.24) is 4.90 Å². The Morgan fingerprint density at radius 3 is 2.55 bits per heavy atom. The average molecular weight is 279 g/mol. The largest absolute Gasteiger partial charge is 0.393 e. The maximum Gasteiger partial charge on any atom is 0.292 e. The monoisotopic (exact) mass is 279 g/mol. The molecule has 0 saturated carbocycles. The minimum atomic E-state index is -0.587. The quantitative estimate of drug-likeness (QED) is 0.501. The lowest BCUT2D eigenvalue weighted by Gasteiger charge is -2.35. The number of hydrogen-bond acceptors (Lipinski definition) is 5. The first-order valence-electron chi connectivity index (χ1n) is 6.37. The highest BCUT2D eigenvalue weighted by atomic mass is 16.6. The van der Waals surface area contributed by atoms with Crippen molar-refractivity contribution in [2.75, 3.05) is 18.8 Å². The Bertz CT molecular complexity index is 536. The SMILES string of the molecule is CC1CN(C(=O)c2cccc([N+](=O)[O-])c2N)CC(C)O1. The van der Waals surface area contributed by atoms with E-state index in [1.165, 1.54) is 18.2 Å². The van der Waals surface area contributed by atoms with Crippen LogP contribution >= 0.6 is 0 Å². The molecule has 1 aromatic carbocycles. The molecule has 20 heavy (non-hydrogen) atoms. The van der Waals surface area contributed by atoms with Gasteiger partial charge in [0.2, 0.25) is 0 Å². The minimum absolute atomic E-state index is 0.0670. The molecule has 1 aliphatic heterocycles. The van der Waals surface area contributed by atoms with Crippen molar-refractivity contribution in [3.8, 4) is 0 Å². The molecule has 1 amide bonds. The Hall–Kier alpha value is -2.15. The van der Waals surface area contributed by atoms with Crippen molar-refractivity contribution >= 4 is 17.3 Å². The topological polar surface area (TPSA) is 98.7 Å². The Labute approximate surface area is 116 Å². The van der Waals surface area contributed by atoms with Crippen LogP contribution in [-0.2, 0) is 4.74 Å². The maximum atomic E-state index is 12.5. The Morgan fingerprint density at radius 2 is 2.00 bits per heavy atom. The van der Waals surface area contributed by atoms with Gasteiger partial charge in [-0.05, 0) is 19.9 Å². The lowest BCUT2D eigenvalue weighted by molar-refractivity contribution is -0.383. The maximum absolute atomic E-state index is 12.5. The number of benzene rings is 1. The number of morpholine rings is 1. The number of amides is 1. The summed E-state index contributed by atoms with van der Waals surface area (Å²) in [5, 5.41) is 10.9. The molecule has 1 aliphatic rings. The zero-order valence-corrected chi connectivity index (χ0v) is 11.4. The van der Waals surface area contributed by atoms with E-state index in [9.17, 15) is 14.9 Å². The number of hydrogen-bond donors (Lipinski definition) is 1. The van der Waals surface area contributed by atoms with Crippen LogP contribution in [-0.4, -0.2) is 41.0 Å². The predicted molar refractivity (Wildman–Crippen MR) is 73.4 cm³/mol. The van der Waals surface area contributed by atoms with Gasteiger partial charge in [-0.15, -0.1) is 0 Å². The summed E-state index contributed by atoms with van der Waals surface area (Å²) in [4.78, 5) is 24.3. The summed E-state index contributed by atoms with van der Waals surface area (Å²) in [5.41, 5.74) is 5.57. The highest BCUT2D eigenvalue weighted by Crippen LogP contribution is 2.26. The molecule has 0 spiro atoms. The van der Waals surface area contributed by atoms with Gasteiger partial charge in [0.1, 0.15) is 5.69 Å². The van der Waals surface area contributed by atoms with Gasteiger partial charge < -0.3 is 15.4 Å². The Morgan fingerprint density at radius 1 is 1.40 bits per heavy atom. The zero-order valence-electron chi connectivity index (χ0n) is 11.4. The van der Waals surface area contributed by atoms with Crippen molar-refractivity contribution < 1.29 is 14.5 Å². The van der Waals surface area contributed by atoms with Gasteiger partial charge in [0.15, 0.2) is 0 Å². The van der Waals surface area contributed by atoms with Crippen LogP contribution in [0.1, 0.15) is 24.2 Å². The molecule has 2 N–H and O–H groups in total. The third-order valence-electron chi connectivity index (χ3n) is 3.22. The van der Waals surface area contributed by atoms with Crippen LogP contribution in [0, 0.1) is 10.1 Å². The van der Waals surface area contributed by atoms with Gasteiger partial charge in [-0.3, -0.25) is 14.9 Å². The summed E-state index contributed by atoms with van der Waals surface area (Å²) in [5.74, 6) is -0.298. The molecule has 0 aliphatic carbocycles. The molecule has 1 saturated heterocycles. The van der Waals surface area contributed by atoms with Gasteiger partial charge >= 0.3 is 0 Å². The smallest absolute Gasteiger partial charge is 0.292 e. The molecule has 2 unspecified atom stereocenters. The number of rotatable bonds is 2. The van der Waals surface area contributed by atoms with Crippen molar-refractivity contribution in [2.24, 2.45) is 0 Å². The summed E-state index contributed by atoms with van der Waals surface area (Å²) in [6.45, 7) is 4.66. The molecule has 2 atom stereocenters. The molecule has 7 nitrogen and oxygen atoms in total. The first-order valence-corrected chi connectivity index (χ1v) is 6.37. The molecule has 7 heteroatoms. The van der Waals surface area contributed by atoms with E-state index in [1.807, 2.05) is 13.8 Å². The van der Waals surface area contributed by atoms with Crippen molar-refractivity contribution in [2.45, 2.75) is 26.1 Å². The number of carbonyl (C=O) groups excluding carboxylic acids is 1. The normalized spacial score (nSPS) is 22.6. The number of nitrogen functional groups attached to an aromatic ring is 1. The zero-order chi connectivity index (χ0) is 14.9. The molecule has 2 rings (SSSR count). The molecule has 0 radical (unpaired) electrons. The van der Waals surface area contributed by atoms with Crippen LogP contribution < -0.4 is 5.73 Å². The van der Waals surface area contributed by atoms with E-state index >= 15 is 0 Å². The third-order valence-corrected chi connectivity index (χ3v) is 3.22. The van der Waals surface area contributed by atoms with Gasteiger partial charge in [-0.25, -0.2) is 0 Å². The number of nitrogens with two attached hydrogens (primary N) is 1. The molecule has 0 aromatic heterocycles. The number of nitrogens with zero attached hydrogens (tertiary/aromatic N) is 2. The van der Waals surface area contributed by atoms with E-state index in [-0.39, 0.29) is 35.1 Å². The molecule has 108 valence electrons. The number of nitro groups is 1. The summed E-state index contributed by atoms with van der Waals surface area (Å²) in [6, 6.07) is 4.27. The first kappa shape index (κ1) is 14.3. The van der Waals surface area contributed by atoms with E-state index in [0.717, 1.165) is 0 Å².